The summed E-state index contributed by atoms with van der Waals surface area (Å²) in [5.41, 5.74) is 6.10. The first kappa shape index (κ1) is 16.7. The molecule has 122 valence electrons. The minimum atomic E-state index is -0.498. The monoisotopic (exact) mass is 309 g/mol. The van der Waals surface area contributed by atoms with Gasteiger partial charge in [-0.3, -0.25) is 9.69 Å². The second-order valence-electron chi connectivity index (χ2n) is 5.94. The van der Waals surface area contributed by atoms with E-state index in [0.717, 1.165) is 19.4 Å². The Labute approximate surface area is 130 Å². The van der Waals surface area contributed by atoms with Crippen LogP contribution in [0.1, 0.15) is 26.2 Å². The summed E-state index contributed by atoms with van der Waals surface area (Å²) < 4.78 is 13.6. The number of piperidine rings is 1. The van der Waals surface area contributed by atoms with Gasteiger partial charge >= 0.3 is 0 Å². The van der Waals surface area contributed by atoms with Crippen LogP contribution in [0.4, 0.5) is 15.8 Å². The Hall–Kier alpha value is -1.66. The Bertz CT molecular complexity index is 524. The lowest BCUT2D eigenvalue weighted by atomic mass is 9.91. The molecule has 1 aliphatic heterocycles. The van der Waals surface area contributed by atoms with Gasteiger partial charge in [-0.1, -0.05) is 6.92 Å². The van der Waals surface area contributed by atoms with Gasteiger partial charge < -0.3 is 16.2 Å². The first-order valence-electron chi connectivity index (χ1n) is 7.71. The number of nitrogen functional groups attached to an aromatic ring is 1. The molecule has 1 aromatic carbocycles. The molecule has 0 bridgehead atoms. The van der Waals surface area contributed by atoms with Crippen molar-refractivity contribution >= 4 is 17.3 Å². The molecule has 4 N–H and O–H groups in total. The molecule has 1 aliphatic rings. The maximum absolute atomic E-state index is 13.6. The third-order valence-corrected chi connectivity index (χ3v) is 4.31. The van der Waals surface area contributed by atoms with Gasteiger partial charge in [0, 0.05) is 24.7 Å². The molecule has 1 heterocycles. The smallest absolute Gasteiger partial charge is 0.225 e. The first-order valence-corrected chi connectivity index (χ1v) is 7.71. The van der Waals surface area contributed by atoms with Gasteiger partial charge in [0.05, 0.1) is 12.3 Å². The van der Waals surface area contributed by atoms with Gasteiger partial charge in [0.2, 0.25) is 5.91 Å². The molecule has 0 aromatic heterocycles. The standard InChI is InChI=1S/C16H24FN3O2/c1-11-3-2-7-20(15(11)10-21)8-6-16(22)19-14-9-12(18)4-5-13(14)17/h4-5,9,11,15,21H,2-3,6-8,10,18H2,1H3,(H,19,22). The average molecular weight is 309 g/mol. The van der Waals surface area contributed by atoms with Crippen LogP contribution in [0.2, 0.25) is 0 Å². The molecule has 1 amide bonds. The van der Waals surface area contributed by atoms with Crippen molar-refractivity contribution in [2.75, 3.05) is 30.7 Å². The van der Waals surface area contributed by atoms with Crippen LogP contribution in [0.5, 0.6) is 0 Å². The average Bonchev–Trinajstić information content (AvgIpc) is 2.49. The maximum atomic E-state index is 13.6. The molecule has 0 spiro atoms. The van der Waals surface area contributed by atoms with Crippen molar-refractivity contribution in [2.45, 2.75) is 32.2 Å². The predicted octanol–water partition coefficient (Wildman–Crippen LogP) is 1.83. The number of nitrogens with two attached hydrogens (primary N) is 1. The summed E-state index contributed by atoms with van der Waals surface area (Å²) in [5.74, 6) is -0.324. The van der Waals surface area contributed by atoms with E-state index in [9.17, 15) is 14.3 Å². The molecule has 5 nitrogen and oxygen atoms in total. The Morgan fingerprint density at radius 3 is 3.05 bits per heavy atom. The van der Waals surface area contributed by atoms with Crippen LogP contribution in [-0.4, -0.2) is 41.7 Å². The fourth-order valence-electron chi connectivity index (χ4n) is 3.00. The molecule has 22 heavy (non-hydrogen) atoms. The zero-order valence-electron chi connectivity index (χ0n) is 12.9. The van der Waals surface area contributed by atoms with Crippen LogP contribution in [0.15, 0.2) is 18.2 Å². The molecular weight excluding hydrogens is 285 g/mol. The van der Waals surface area contributed by atoms with E-state index in [4.69, 9.17) is 5.73 Å². The second kappa shape index (κ2) is 7.56. The number of anilines is 2. The van der Waals surface area contributed by atoms with Gasteiger partial charge in [-0.05, 0) is 43.5 Å². The minimum absolute atomic E-state index is 0.102. The lowest BCUT2D eigenvalue weighted by Crippen LogP contribution is -2.47. The van der Waals surface area contributed by atoms with Crippen molar-refractivity contribution in [1.82, 2.24) is 4.90 Å². The van der Waals surface area contributed by atoms with Crippen molar-refractivity contribution in [1.29, 1.82) is 0 Å². The van der Waals surface area contributed by atoms with Gasteiger partial charge in [-0.15, -0.1) is 0 Å². The predicted molar refractivity (Wildman–Crippen MR) is 84.9 cm³/mol. The van der Waals surface area contributed by atoms with E-state index in [-0.39, 0.29) is 30.7 Å². The second-order valence-corrected chi connectivity index (χ2v) is 5.94. The Kier molecular flexibility index (Phi) is 5.74. The number of hydrogen-bond acceptors (Lipinski definition) is 4. The Morgan fingerprint density at radius 1 is 1.55 bits per heavy atom. The van der Waals surface area contributed by atoms with Crippen LogP contribution in [0.25, 0.3) is 0 Å². The van der Waals surface area contributed by atoms with E-state index >= 15 is 0 Å². The molecule has 2 rings (SSSR count). The van der Waals surface area contributed by atoms with E-state index in [0.29, 0.717) is 18.2 Å². The quantitative estimate of drug-likeness (QED) is 0.725. The summed E-state index contributed by atoms with van der Waals surface area (Å²) in [6.45, 7) is 3.67. The van der Waals surface area contributed by atoms with Crippen LogP contribution in [0.3, 0.4) is 0 Å². The lowest BCUT2D eigenvalue weighted by Gasteiger charge is -2.38. The van der Waals surface area contributed by atoms with Crippen molar-refractivity contribution in [3.05, 3.63) is 24.0 Å². The molecule has 0 aliphatic carbocycles. The fraction of sp³-hybridized carbons (Fsp3) is 0.562. The van der Waals surface area contributed by atoms with Gasteiger partial charge in [-0.25, -0.2) is 4.39 Å². The van der Waals surface area contributed by atoms with Crippen molar-refractivity contribution in [3.8, 4) is 0 Å². The number of nitrogens with one attached hydrogen (secondary N) is 1. The normalized spacial score (nSPS) is 22.5. The van der Waals surface area contributed by atoms with Gasteiger partial charge in [0.1, 0.15) is 5.82 Å². The van der Waals surface area contributed by atoms with Crippen LogP contribution in [0, 0.1) is 11.7 Å². The van der Waals surface area contributed by atoms with Crippen LogP contribution < -0.4 is 11.1 Å². The number of hydrogen-bond donors (Lipinski definition) is 3. The highest BCUT2D eigenvalue weighted by Crippen LogP contribution is 2.23. The zero-order chi connectivity index (χ0) is 16.1. The molecule has 1 fully saturated rings. The zero-order valence-corrected chi connectivity index (χ0v) is 12.9. The summed E-state index contributed by atoms with van der Waals surface area (Å²) in [6.07, 6.45) is 2.43. The van der Waals surface area contributed by atoms with Crippen LogP contribution >= 0.6 is 0 Å². The third kappa shape index (κ3) is 4.18. The summed E-state index contributed by atoms with van der Waals surface area (Å²) >= 11 is 0. The van der Waals surface area contributed by atoms with E-state index in [1.54, 1.807) is 0 Å². The molecule has 0 radical (unpaired) electrons. The molecule has 0 saturated carbocycles. The molecule has 2 atom stereocenters. The molecule has 1 aromatic rings. The Morgan fingerprint density at radius 2 is 2.32 bits per heavy atom. The third-order valence-electron chi connectivity index (χ3n) is 4.31. The lowest BCUT2D eigenvalue weighted by molar-refractivity contribution is -0.116. The van der Waals surface area contributed by atoms with Gasteiger partial charge in [0.25, 0.3) is 0 Å². The number of amides is 1. The maximum Gasteiger partial charge on any atom is 0.225 e. The highest BCUT2D eigenvalue weighted by atomic mass is 19.1. The summed E-state index contributed by atoms with van der Waals surface area (Å²) in [7, 11) is 0. The number of benzene rings is 1. The number of nitrogens with zero attached hydrogens (tertiary/aromatic N) is 1. The van der Waals surface area contributed by atoms with Crippen LogP contribution in [-0.2, 0) is 4.79 Å². The van der Waals surface area contributed by atoms with Gasteiger partial charge in [0.15, 0.2) is 0 Å². The number of halogens is 1. The topological polar surface area (TPSA) is 78.6 Å². The van der Waals surface area contributed by atoms with E-state index in [2.05, 4.69) is 17.1 Å². The molecule has 6 heteroatoms. The largest absolute Gasteiger partial charge is 0.399 e. The summed E-state index contributed by atoms with van der Waals surface area (Å²) in [5, 5.41) is 12.0. The number of carbonyl (C=O) groups excluding carboxylic acids is 1. The summed E-state index contributed by atoms with van der Waals surface area (Å²) in [6, 6.07) is 4.20. The minimum Gasteiger partial charge on any atom is -0.399 e. The molecule has 1 saturated heterocycles. The number of rotatable bonds is 5. The van der Waals surface area contributed by atoms with E-state index in [1.165, 1.54) is 18.2 Å². The number of aliphatic hydroxyl groups is 1. The van der Waals surface area contributed by atoms with Crippen molar-refractivity contribution in [2.24, 2.45) is 5.92 Å². The number of likely N-dealkylation sites (tertiary alicyclic amines) is 1. The SMILES string of the molecule is CC1CCCN(CCC(=O)Nc2cc(N)ccc2F)C1CO. The van der Waals surface area contributed by atoms with Crippen molar-refractivity contribution in [3.63, 3.8) is 0 Å². The van der Waals surface area contributed by atoms with E-state index < -0.39 is 5.82 Å². The molecule has 2 unspecified atom stereocenters. The first-order chi connectivity index (χ1) is 10.5. The Balaban J connectivity index is 1.88. The fourth-order valence-corrected chi connectivity index (χ4v) is 3.00. The highest BCUT2D eigenvalue weighted by molar-refractivity contribution is 5.91. The number of carbonyl (C=O) groups is 1. The number of aliphatic hydroxyl groups excluding tert-OH is 1. The highest BCUT2D eigenvalue weighted by Gasteiger charge is 2.27. The summed E-state index contributed by atoms with van der Waals surface area (Å²) in [4.78, 5) is 14.1. The van der Waals surface area contributed by atoms with E-state index in [1.807, 2.05) is 0 Å². The molecular formula is C16H24FN3O2. The van der Waals surface area contributed by atoms with Gasteiger partial charge in [-0.2, -0.15) is 0 Å². The van der Waals surface area contributed by atoms with Crippen molar-refractivity contribution < 1.29 is 14.3 Å².